The number of ether oxygens (including phenoxy) is 1. The largest absolute Gasteiger partial charge is 0.445 e. The standard InChI is InChI=1S/C15H22N2O2/c1-12-13(2)17(10-9-16(12)3)15(18)19-11-14-7-5-4-6-8-14/h4-8,12-13H,9-11H2,1-3H3/t12-,13+/m0/s1. The molecule has 4 nitrogen and oxygen atoms in total. The van der Waals surface area contributed by atoms with Crippen molar-refractivity contribution in [2.24, 2.45) is 0 Å². The number of amides is 1. The van der Waals surface area contributed by atoms with Crippen LogP contribution in [0.4, 0.5) is 4.79 Å². The Kier molecular flexibility index (Phi) is 4.43. The van der Waals surface area contributed by atoms with E-state index < -0.39 is 0 Å². The Bertz CT molecular complexity index is 421. The summed E-state index contributed by atoms with van der Waals surface area (Å²) in [5, 5.41) is 0. The Morgan fingerprint density at radius 1 is 1.21 bits per heavy atom. The summed E-state index contributed by atoms with van der Waals surface area (Å²) >= 11 is 0. The van der Waals surface area contributed by atoms with Gasteiger partial charge in [-0.15, -0.1) is 0 Å². The van der Waals surface area contributed by atoms with E-state index in [0.717, 1.165) is 18.7 Å². The Morgan fingerprint density at radius 2 is 1.89 bits per heavy atom. The fraction of sp³-hybridized carbons (Fsp3) is 0.533. The first-order valence-corrected chi connectivity index (χ1v) is 6.77. The Hall–Kier alpha value is -1.55. The summed E-state index contributed by atoms with van der Waals surface area (Å²) in [6.07, 6.45) is -0.212. The van der Waals surface area contributed by atoms with Crippen molar-refractivity contribution in [3.63, 3.8) is 0 Å². The van der Waals surface area contributed by atoms with Crippen molar-refractivity contribution in [2.75, 3.05) is 20.1 Å². The van der Waals surface area contributed by atoms with E-state index >= 15 is 0 Å². The molecule has 0 radical (unpaired) electrons. The molecule has 0 aromatic heterocycles. The van der Waals surface area contributed by atoms with Gasteiger partial charge in [0.15, 0.2) is 0 Å². The third kappa shape index (κ3) is 3.26. The van der Waals surface area contributed by atoms with E-state index in [1.807, 2.05) is 35.2 Å². The van der Waals surface area contributed by atoms with E-state index in [1.165, 1.54) is 0 Å². The van der Waals surface area contributed by atoms with Gasteiger partial charge in [-0.25, -0.2) is 4.79 Å². The average molecular weight is 262 g/mol. The lowest BCUT2D eigenvalue weighted by Crippen LogP contribution is -2.57. The molecule has 1 saturated heterocycles. The van der Waals surface area contributed by atoms with Crippen LogP contribution in [0.2, 0.25) is 0 Å². The highest BCUT2D eigenvalue weighted by atomic mass is 16.6. The van der Waals surface area contributed by atoms with Crippen LogP contribution in [0, 0.1) is 0 Å². The number of carbonyl (C=O) groups is 1. The molecule has 1 fully saturated rings. The van der Waals surface area contributed by atoms with Crippen molar-refractivity contribution >= 4 is 6.09 Å². The number of hydrogen-bond donors (Lipinski definition) is 0. The summed E-state index contributed by atoms with van der Waals surface area (Å²) in [5.41, 5.74) is 1.02. The molecule has 1 aliphatic rings. The fourth-order valence-electron chi connectivity index (χ4n) is 2.36. The van der Waals surface area contributed by atoms with Crippen molar-refractivity contribution in [3.8, 4) is 0 Å². The Balaban J connectivity index is 1.90. The van der Waals surface area contributed by atoms with Crippen LogP contribution in [0.3, 0.4) is 0 Å². The maximum absolute atomic E-state index is 12.1. The minimum Gasteiger partial charge on any atom is -0.445 e. The number of benzene rings is 1. The first kappa shape index (κ1) is 13.9. The molecule has 0 bridgehead atoms. The highest BCUT2D eigenvalue weighted by Gasteiger charge is 2.32. The summed E-state index contributed by atoms with van der Waals surface area (Å²) < 4.78 is 5.39. The van der Waals surface area contributed by atoms with Crippen LogP contribution < -0.4 is 0 Å². The highest BCUT2D eigenvalue weighted by molar-refractivity contribution is 5.68. The third-order valence-electron chi connectivity index (χ3n) is 4.02. The Morgan fingerprint density at radius 3 is 2.58 bits per heavy atom. The predicted molar refractivity (Wildman–Crippen MR) is 74.9 cm³/mol. The molecule has 1 heterocycles. The topological polar surface area (TPSA) is 32.8 Å². The second-order valence-electron chi connectivity index (χ2n) is 5.20. The molecule has 0 unspecified atom stereocenters. The van der Waals surface area contributed by atoms with Gasteiger partial charge in [0.05, 0.1) is 0 Å². The number of rotatable bonds is 2. The molecular formula is C15H22N2O2. The van der Waals surface area contributed by atoms with E-state index in [2.05, 4.69) is 25.8 Å². The number of likely N-dealkylation sites (N-methyl/N-ethyl adjacent to an activating group) is 1. The maximum atomic E-state index is 12.1. The number of piperazine rings is 1. The van der Waals surface area contributed by atoms with Crippen LogP contribution in [-0.4, -0.2) is 48.1 Å². The summed E-state index contributed by atoms with van der Waals surface area (Å²) in [4.78, 5) is 16.2. The lowest BCUT2D eigenvalue weighted by atomic mass is 10.1. The van der Waals surface area contributed by atoms with Gasteiger partial charge in [0.2, 0.25) is 0 Å². The van der Waals surface area contributed by atoms with Crippen LogP contribution in [0.15, 0.2) is 30.3 Å². The number of hydrogen-bond acceptors (Lipinski definition) is 3. The van der Waals surface area contributed by atoms with Crippen molar-refractivity contribution in [1.29, 1.82) is 0 Å². The van der Waals surface area contributed by atoms with Gasteiger partial charge >= 0.3 is 6.09 Å². The lowest BCUT2D eigenvalue weighted by molar-refractivity contribution is 0.0309. The van der Waals surface area contributed by atoms with Crippen molar-refractivity contribution in [2.45, 2.75) is 32.5 Å². The van der Waals surface area contributed by atoms with Gasteiger partial charge < -0.3 is 9.64 Å². The first-order valence-electron chi connectivity index (χ1n) is 6.77. The molecular weight excluding hydrogens is 240 g/mol. The van der Waals surface area contributed by atoms with E-state index in [0.29, 0.717) is 12.6 Å². The van der Waals surface area contributed by atoms with Crippen molar-refractivity contribution in [1.82, 2.24) is 9.80 Å². The summed E-state index contributed by atoms with van der Waals surface area (Å²) in [6, 6.07) is 10.3. The Labute approximate surface area is 115 Å². The van der Waals surface area contributed by atoms with Gasteiger partial charge in [-0.2, -0.15) is 0 Å². The lowest BCUT2D eigenvalue weighted by Gasteiger charge is -2.42. The zero-order chi connectivity index (χ0) is 13.8. The number of nitrogens with zero attached hydrogens (tertiary/aromatic N) is 2. The minimum absolute atomic E-state index is 0.182. The normalized spacial score (nSPS) is 24.3. The van der Waals surface area contributed by atoms with E-state index in [4.69, 9.17) is 4.74 Å². The van der Waals surface area contributed by atoms with Crippen molar-refractivity contribution in [3.05, 3.63) is 35.9 Å². The molecule has 0 saturated carbocycles. The van der Waals surface area contributed by atoms with Gasteiger partial charge in [0.25, 0.3) is 0 Å². The molecule has 4 heteroatoms. The van der Waals surface area contributed by atoms with E-state index in [-0.39, 0.29) is 12.1 Å². The summed E-state index contributed by atoms with van der Waals surface area (Å²) in [7, 11) is 2.09. The van der Waals surface area contributed by atoms with Gasteiger partial charge in [0.1, 0.15) is 6.61 Å². The smallest absolute Gasteiger partial charge is 0.410 e. The maximum Gasteiger partial charge on any atom is 0.410 e. The SMILES string of the molecule is C[C@@H]1[C@H](C)N(C)CCN1C(=O)OCc1ccccc1. The zero-order valence-corrected chi connectivity index (χ0v) is 11.9. The van der Waals surface area contributed by atoms with Gasteiger partial charge in [-0.3, -0.25) is 4.90 Å². The summed E-state index contributed by atoms with van der Waals surface area (Å²) in [5.74, 6) is 0. The van der Waals surface area contributed by atoms with E-state index in [9.17, 15) is 4.79 Å². The molecule has 104 valence electrons. The summed E-state index contributed by atoms with van der Waals surface area (Å²) in [6.45, 7) is 6.18. The van der Waals surface area contributed by atoms with Gasteiger partial charge in [0, 0.05) is 25.2 Å². The molecule has 0 spiro atoms. The monoisotopic (exact) mass is 262 g/mol. The second kappa shape index (κ2) is 6.06. The van der Waals surface area contributed by atoms with Crippen LogP contribution in [-0.2, 0) is 11.3 Å². The molecule has 0 aliphatic carbocycles. The van der Waals surface area contributed by atoms with Gasteiger partial charge in [-0.05, 0) is 26.5 Å². The number of carbonyl (C=O) groups excluding carboxylic acids is 1. The zero-order valence-electron chi connectivity index (χ0n) is 11.9. The quantitative estimate of drug-likeness (QED) is 0.820. The first-order chi connectivity index (χ1) is 9.09. The van der Waals surface area contributed by atoms with Gasteiger partial charge in [-0.1, -0.05) is 30.3 Å². The molecule has 0 N–H and O–H groups in total. The predicted octanol–water partition coefficient (Wildman–Crippen LogP) is 2.35. The van der Waals surface area contributed by atoms with Crippen LogP contribution in [0.25, 0.3) is 0 Å². The molecule has 19 heavy (non-hydrogen) atoms. The van der Waals surface area contributed by atoms with Crippen molar-refractivity contribution < 1.29 is 9.53 Å². The third-order valence-corrected chi connectivity index (χ3v) is 4.02. The minimum atomic E-state index is -0.212. The molecule has 1 amide bonds. The van der Waals surface area contributed by atoms with E-state index in [1.54, 1.807) is 0 Å². The average Bonchev–Trinajstić information content (AvgIpc) is 2.43. The van der Waals surface area contributed by atoms with Crippen LogP contribution >= 0.6 is 0 Å². The van der Waals surface area contributed by atoms with Crippen LogP contribution in [0.5, 0.6) is 0 Å². The molecule has 1 aliphatic heterocycles. The molecule has 2 atom stereocenters. The highest BCUT2D eigenvalue weighted by Crippen LogP contribution is 2.16. The molecule has 1 aromatic carbocycles. The molecule has 1 aromatic rings. The fourth-order valence-corrected chi connectivity index (χ4v) is 2.36. The molecule has 2 rings (SSSR count). The van der Waals surface area contributed by atoms with Crippen LogP contribution in [0.1, 0.15) is 19.4 Å². The second-order valence-corrected chi connectivity index (χ2v) is 5.20.